The van der Waals surface area contributed by atoms with Crippen molar-refractivity contribution in [1.82, 2.24) is 15.3 Å². The molecule has 7 nitrogen and oxygen atoms in total. The van der Waals surface area contributed by atoms with Crippen LogP contribution in [0.5, 0.6) is 0 Å². The summed E-state index contributed by atoms with van der Waals surface area (Å²) in [5, 5.41) is 6.85. The van der Waals surface area contributed by atoms with E-state index < -0.39 is 0 Å². The van der Waals surface area contributed by atoms with Gasteiger partial charge in [-0.15, -0.1) is 0 Å². The largest absolute Gasteiger partial charge is 0.465 e. The van der Waals surface area contributed by atoms with Gasteiger partial charge >= 0.3 is 0 Å². The smallest absolute Gasteiger partial charge is 0.232 e. The van der Waals surface area contributed by atoms with Crippen LogP contribution in [0.3, 0.4) is 0 Å². The number of hydrogen-bond donors (Lipinski definition) is 2. The molecule has 2 aliphatic heterocycles. The molecule has 0 saturated carbocycles. The van der Waals surface area contributed by atoms with Crippen molar-refractivity contribution in [3.8, 4) is 0 Å². The molecule has 0 aliphatic carbocycles. The van der Waals surface area contributed by atoms with Crippen LogP contribution < -0.4 is 20.4 Å². The highest BCUT2D eigenvalue weighted by atomic mass is 32.1. The molecule has 8 heteroatoms. The Labute approximate surface area is 177 Å². The molecule has 2 N–H and O–H groups in total. The van der Waals surface area contributed by atoms with Gasteiger partial charge in [-0.3, -0.25) is 0 Å². The molecule has 29 heavy (non-hydrogen) atoms. The summed E-state index contributed by atoms with van der Waals surface area (Å²) in [5.41, 5.74) is 0. The van der Waals surface area contributed by atoms with E-state index in [0.717, 1.165) is 42.8 Å². The van der Waals surface area contributed by atoms with Crippen LogP contribution >= 0.6 is 12.2 Å². The number of hydrogen-bond acceptors (Lipinski definition) is 6. The molecule has 2 aromatic heterocycles. The number of nitrogens with one attached hydrogen (secondary N) is 2. The lowest BCUT2D eigenvalue weighted by Gasteiger charge is -2.35. The quantitative estimate of drug-likeness (QED) is 0.715. The highest BCUT2D eigenvalue weighted by molar-refractivity contribution is 7.80. The third-order valence-electron chi connectivity index (χ3n) is 5.67. The molecule has 2 aromatic rings. The van der Waals surface area contributed by atoms with Crippen molar-refractivity contribution in [3.63, 3.8) is 0 Å². The van der Waals surface area contributed by atoms with Gasteiger partial charge in [0.05, 0.1) is 6.54 Å². The molecule has 0 amide bonds. The number of aromatic nitrogens is 2. The molecule has 4 rings (SSSR count). The molecule has 1 atom stereocenters. The van der Waals surface area contributed by atoms with E-state index in [-0.39, 0.29) is 0 Å². The van der Waals surface area contributed by atoms with Gasteiger partial charge in [0.2, 0.25) is 5.95 Å². The molecule has 2 fully saturated rings. The fourth-order valence-electron chi connectivity index (χ4n) is 4.07. The summed E-state index contributed by atoms with van der Waals surface area (Å²) in [4.78, 5) is 14.3. The van der Waals surface area contributed by atoms with Crippen LogP contribution in [0.2, 0.25) is 0 Å². The van der Waals surface area contributed by atoms with Gasteiger partial charge in [0, 0.05) is 31.7 Å². The Balaban J connectivity index is 1.50. The second kappa shape index (κ2) is 8.98. The van der Waals surface area contributed by atoms with Gasteiger partial charge in [0.25, 0.3) is 0 Å². The Bertz CT molecular complexity index is 847. The van der Waals surface area contributed by atoms with Crippen molar-refractivity contribution >= 4 is 34.9 Å². The minimum absolute atomic E-state index is 0.491. The predicted molar refractivity (Wildman–Crippen MR) is 121 cm³/mol. The standard InChI is InChI=1S/C21H30N6OS/c1-15-7-3-4-12-27(15)19-13-18(26-10-5-6-11-26)23-20(24-19)25-21(29)22-14-17-9-8-16(2)28-17/h8-9,13,15H,3-7,10-12,14H2,1-2H3,(H2,22,23,24,25,29)/t15-/m1/s1. The second-order valence-electron chi connectivity index (χ2n) is 7.96. The highest BCUT2D eigenvalue weighted by Gasteiger charge is 2.23. The molecule has 0 unspecified atom stereocenters. The number of rotatable bonds is 5. The zero-order chi connectivity index (χ0) is 20.2. The molecular weight excluding hydrogens is 384 g/mol. The van der Waals surface area contributed by atoms with E-state index in [9.17, 15) is 0 Å². The molecule has 0 spiro atoms. The van der Waals surface area contributed by atoms with Crippen molar-refractivity contribution < 1.29 is 4.42 Å². The van der Waals surface area contributed by atoms with Crippen LogP contribution in [-0.2, 0) is 6.54 Å². The van der Waals surface area contributed by atoms with Crippen LogP contribution in [0.15, 0.2) is 22.6 Å². The van der Waals surface area contributed by atoms with Crippen LogP contribution in [-0.4, -0.2) is 40.8 Å². The maximum atomic E-state index is 5.59. The normalized spacial score (nSPS) is 19.4. The average molecular weight is 415 g/mol. The summed E-state index contributed by atoms with van der Waals surface area (Å²) < 4.78 is 5.59. The summed E-state index contributed by atoms with van der Waals surface area (Å²) >= 11 is 5.47. The lowest BCUT2D eigenvalue weighted by molar-refractivity contribution is 0.478. The number of furan rings is 1. The Morgan fingerprint density at radius 3 is 2.62 bits per heavy atom. The fourth-order valence-corrected chi connectivity index (χ4v) is 4.23. The zero-order valence-corrected chi connectivity index (χ0v) is 18.1. The Hall–Kier alpha value is -2.35. The molecule has 0 radical (unpaired) electrons. The maximum absolute atomic E-state index is 5.59. The predicted octanol–water partition coefficient (Wildman–Crippen LogP) is 3.84. The van der Waals surface area contributed by atoms with Crippen molar-refractivity contribution in [1.29, 1.82) is 0 Å². The lowest BCUT2D eigenvalue weighted by atomic mass is 10.0. The third kappa shape index (κ3) is 4.98. The number of thiocarbonyl (C=S) groups is 1. The summed E-state index contributed by atoms with van der Waals surface area (Å²) in [7, 11) is 0. The van der Waals surface area contributed by atoms with Crippen molar-refractivity contribution in [3.05, 3.63) is 29.7 Å². The summed E-state index contributed by atoms with van der Waals surface area (Å²) in [6, 6.07) is 6.53. The average Bonchev–Trinajstić information content (AvgIpc) is 3.38. The molecule has 2 aliphatic rings. The first-order chi connectivity index (χ1) is 14.1. The number of nitrogens with zero attached hydrogens (tertiary/aromatic N) is 4. The van der Waals surface area contributed by atoms with Crippen LogP contribution in [0.25, 0.3) is 0 Å². The van der Waals surface area contributed by atoms with Crippen LogP contribution in [0.1, 0.15) is 50.5 Å². The van der Waals surface area contributed by atoms with Crippen molar-refractivity contribution in [2.45, 2.75) is 58.5 Å². The molecule has 0 bridgehead atoms. The molecule has 4 heterocycles. The van der Waals surface area contributed by atoms with Gasteiger partial charge in [-0.05, 0) is 70.3 Å². The Morgan fingerprint density at radius 2 is 1.90 bits per heavy atom. The third-order valence-corrected chi connectivity index (χ3v) is 5.92. The second-order valence-corrected chi connectivity index (χ2v) is 8.37. The van der Waals surface area contributed by atoms with E-state index in [0.29, 0.717) is 23.6 Å². The van der Waals surface area contributed by atoms with Gasteiger partial charge in [0.1, 0.15) is 23.2 Å². The van der Waals surface area contributed by atoms with Gasteiger partial charge < -0.3 is 24.9 Å². The van der Waals surface area contributed by atoms with E-state index >= 15 is 0 Å². The van der Waals surface area contributed by atoms with E-state index in [1.165, 1.54) is 32.1 Å². The van der Waals surface area contributed by atoms with E-state index in [2.05, 4.69) is 33.4 Å². The Morgan fingerprint density at radius 1 is 1.14 bits per heavy atom. The SMILES string of the molecule is Cc1ccc(CNC(=S)Nc2nc(N3CCCC3)cc(N3CCCC[C@H]3C)n2)o1. The van der Waals surface area contributed by atoms with Crippen LogP contribution in [0, 0.1) is 6.92 Å². The fraction of sp³-hybridized carbons (Fsp3) is 0.571. The van der Waals surface area contributed by atoms with Gasteiger partial charge in [-0.2, -0.15) is 9.97 Å². The monoisotopic (exact) mass is 414 g/mol. The number of aryl methyl sites for hydroxylation is 1. The Kier molecular flexibility index (Phi) is 6.18. The van der Waals surface area contributed by atoms with Crippen molar-refractivity contribution in [2.75, 3.05) is 34.8 Å². The minimum atomic E-state index is 0.491. The number of anilines is 3. The summed E-state index contributed by atoms with van der Waals surface area (Å²) in [6.07, 6.45) is 6.12. The first-order valence-corrected chi connectivity index (χ1v) is 11.0. The van der Waals surface area contributed by atoms with E-state index in [4.69, 9.17) is 26.6 Å². The summed E-state index contributed by atoms with van der Waals surface area (Å²) in [6.45, 7) is 7.87. The molecule has 2 saturated heterocycles. The van der Waals surface area contributed by atoms with E-state index in [1.54, 1.807) is 0 Å². The first kappa shape index (κ1) is 19.9. The van der Waals surface area contributed by atoms with Gasteiger partial charge in [-0.1, -0.05) is 0 Å². The maximum Gasteiger partial charge on any atom is 0.232 e. The molecular formula is C21H30N6OS. The zero-order valence-electron chi connectivity index (χ0n) is 17.3. The first-order valence-electron chi connectivity index (χ1n) is 10.6. The summed E-state index contributed by atoms with van der Waals surface area (Å²) in [5.74, 6) is 4.26. The number of piperidine rings is 1. The topological polar surface area (TPSA) is 69.5 Å². The molecule has 0 aromatic carbocycles. The molecule has 156 valence electrons. The van der Waals surface area contributed by atoms with E-state index in [1.807, 2.05) is 19.1 Å². The minimum Gasteiger partial charge on any atom is -0.465 e. The van der Waals surface area contributed by atoms with Crippen molar-refractivity contribution in [2.24, 2.45) is 0 Å². The highest BCUT2D eigenvalue weighted by Crippen LogP contribution is 2.28. The van der Waals surface area contributed by atoms with Gasteiger partial charge in [0.15, 0.2) is 5.11 Å². The van der Waals surface area contributed by atoms with Gasteiger partial charge in [-0.25, -0.2) is 0 Å². The lowest BCUT2D eigenvalue weighted by Crippen LogP contribution is -2.38. The van der Waals surface area contributed by atoms with Crippen LogP contribution in [0.4, 0.5) is 17.6 Å².